The van der Waals surface area contributed by atoms with E-state index in [4.69, 9.17) is 5.11 Å². The number of aliphatic hydroxyl groups excluding tert-OH is 1. The van der Waals surface area contributed by atoms with Gasteiger partial charge in [0.05, 0.1) is 6.61 Å². The number of aldehydes is 1. The van der Waals surface area contributed by atoms with E-state index in [9.17, 15) is 4.79 Å². The highest BCUT2D eigenvalue weighted by molar-refractivity contribution is 5.55. The van der Waals surface area contributed by atoms with Crippen molar-refractivity contribution < 1.29 is 14.6 Å². The van der Waals surface area contributed by atoms with Crippen molar-refractivity contribution in [1.82, 2.24) is 0 Å². The molecule has 1 N–H and O–H groups in total. The topological polar surface area (TPSA) is 46.5 Å². The minimum atomic E-state index is -0.639. The smallest absolute Gasteiger partial charge is 0.151 e. The third kappa shape index (κ3) is 2.31. The van der Waals surface area contributed by atoms with Crippen LogP contribution in [0.4, 0.5) is 0 Å². The Morgan fingerprint density at radius 2 is 2.57 bits per heavy atom. The van der Waals surface area contributed by atoms with Crippen LogP contribution in [0.25, 0.3) is 0 Å². The van der Waals surface area contributed by atoms with Crippen molar-refractivity contribution in [3.63, 3.8) is 0 Å². The summed E-state index contributed by atoms with van der Waals surface area (Å²) in [5.41, 5.74) is 0. The Bertz CT molecular complexity index is 48.9. The van der Waals surface area contributed by atoms with E-state index in [0.29, 0.717) is 6.29 Å². The van der Waals surface area contributed by atoms with Crippen molar-refractivity contribution in [2.75, 3.05) is 13.7 Å². The third-order valence-corrected chi connectivity index (χ3v) is 0.634. The summed E-state index contributed by atoms with van der Waals surface area (Å²) < 4.78 is 4.43. The highest BCUT2D eigenvalue weighted by Crippen LogP contribution is 1.78. The molecule has 0 fully saturated rings. The van der Waals surface area contributed by atoms with Crippen LogP contribution in [0.15, 0.2) is 0 Å². The maximum atomic E-state index is 9.68. The Labute approximate surface area is 41.9 Å². The molecule has 0 aromatic heterocycles. The van der Waals surface area contributed by atoms with Crippen LogP contribution in [0.2, 0.25) is 0 Å². The van der Waals surface area contributed by atoms with Gasteiger partial charge in [-0.1, -0.05) is 0 Å². The molecule has 0 spiro atoms. The number of rotatable bonds is 3. The maximum absolute atomic E-state index is 9.68. The fourth-order valence-corrected chi connectivity index (χ4v) is 0.173. The summed E-state index contributed by atoms with van der Waals surface area (Å²) in [5, 5.41) is 8.17. The van der Waals surface area contributed by atoms with Crippen LogP contribution < -0.4 is 0 Å². The summed E-state index contributed by atoms with van der Waals surface area (Å²) in [6, 6.07) is 0. The van der Waals surface area contributed by atoms with Gasteiger partial charge in [0.2, 0.25) is 0 Å². The average molecular weight is 104 g/mol. The molecule has 0 aliphatic heterocycles. The fraction of sp³-hybridized carbons (Fsp3) is 0.750. The lowest BCUT2D eigenvalue weighted by Crippen LogP contribution is -2.16. The lowest BCUT2D eigenvalue weighted by atomic mass is 10.4. The highest BCUT2D eigenvalue weighted by atomic mass is 16.5. The minimum Gasteiger partial charge on any atom is -0.393 e. The molecule has 0 aliphatic rings. The van der Waals surface area contributed by atoms with Gasteiger partial charge in [-0.05, 0) is 0 Å². The second-order valence-corrected chi connectivity index (χ2v) is 1.09. The van der Waals surface area contributed by atoms with E-state index in [1.165, 1.54) is 7.11 Å². The van der Waals surface area contributed by atoms with Gasteiger partial charge in [-0.25, -0.2) is 0 Å². The number of hydrogen-bond donors (Lipinski definition) is 1. The SMILES string of the molecule is CO[C@@H](C=O)CO. The molecule has 0 saturated heterocycles. The molecule has 0 radical (unpaired) electrons. The molecule has 3 heteroatoms. The summed E-state index contributed by atoms with van der Waals surface area (Å²) in [4.78, 5) is 9.68. The number of carbonyl (C=O) groups excluding carboxylic acids is 1. The van der Waals surface area contributed by atoms with Crippen molar-refractivity contribution in [3.05, 3.63) is 0 Å². The molecule has 0 aromatic carbocycles. The second kappa shape index (κ2) is 3.77. The molecule has 0 aliphatic carbocycles. The molecule has 0 rings (SSSR count). The number of carbonyl (C=O) groups is 1. The molecule has 0 unspecified atom stereocenters. The molecule has 7 heavy (non-hydrogen) atoms. The first-order valence-corrected chi connectivity index (χ1v) is 1.94. The van der Waals surface area contributed by atoms with E-state index in [0.717, 1.165) is 0 Å². The Balaban J connectivity index is 3.16. The zero-order valence-corrected chi connectivity index (χ0v) is 4.13. The normalized spacial score (nSPS) is 13.4. The number of ether oxygens (including phenoxy) is 1. The first kappa shape index (κ1) is 6.59. The van der Waals surface area contributed by atoms with Crippen molar-refractivity contribution in [1.29, 1.82) is 0 Å². The van der Waals surface area contributed by atoms with Crippen molar-refractivity contribution in [2.45, 2.75) is 6.10 Å². The van der Waals surface area contributed by atoms with Crippen LogP contribution in [-0.2, 0) is 9.53 Å². The third-order valence-electron chi connectivity index (χ3n) is 0.634. The van der Waals surface area contributed by atoms with Gasteiger partial charge in [0.1, 0.15) is 6.10 Å². The van der Waals surface area contributed by atoms with E-state index in [-0.39, 0.29) is 6.61 Å². The summed E-state index contributed by atoms with van der Waals surface area (Å²) in [6.07, 6.45) is -0.0833. The lowest BCUT2D eigenvalue weighted by Gasteiger charge is -1.99. The van der Waals surface area contributed by atoms with Crippen molar-refractivity contribution >= 4 is 6.29 Å². The Kier molecular flexibility index (Phi) is 3.55. The van der Waals surface area contributed by atoms with Crippen LogP contribution in [-0.4, -0.2) is 31.2 Å². The zero-order valence-electron chi connectivity index (χ0n) is 4.13. The summed E-state index contributed by atoms with van der Waals surface area (Å²) in [5.74, 6) is 0. The van der Waals surface area contributed by atoms with Gasteiger partial charge in [-0.3, -0.25) is 0 Å². The van der Waals surface area contributed by atoms with Crippen LogP contribution >= 0.6 is 0 Å². The molecular formula is C4H8O3. The number of hydrogen-bond acceptors (Lipinski definition) is 3. The predicted molar refractivity (Wildman–Crippen MR) is 23.9 cm³/mol. The molecule has 0 bridgehead atoms. The van der Waals surface area contributed by atoms with Gasteiger partial charge in [-0.15, -0.1) is 0 Å². The van der Waals surface area contributed by atoms with Crippen LogP contribution in [0.3, 0.4) is 0 Å². The molecule has 0 heterocycles. The van der Waals surface area contributed by atoms with E-state index in [1.54, 1.807) is 0 Å². The van der Waals surface area contributed by atoms with E-state index in [1.807, 2.05) is 0 Å². The van der Waals surface area contributed by atoms with E-state index >= 15 is 0 Å². The number of methoxy groups -OCH3 is 1. The monoisotopic (exact) mass is 104 g/mol. The zero-order chi connectivity index (χ0) is 5.70. The first-order valence-electron chi connectivity index (χ1n) is 1.94. The quantitative estimate of drug-likeness (QED) is 0.476. The molecule has 0 aromatic rings. The minimum absolute atomic E-state index is 0.236. The average Bonchev–Trinajstić information content (AvgIpc) is 1.72. The van der Waals surface area contributed by atoms with Gasteiger partial charge in [0, 0.05) is 7.11 Å². The van der Waals surface area contributed by atoms with Gasteiger partial charge in [0.15, 0.2) is 6.29 Å². The van der Waals surface area contributed by atoms with Gasteiger partial charge >= 0.3 is 0 Å². The van der Waals surface area contributed by atoms with Gasteiger partial charge < -0.3 is 14.6 Å². The summed E-state index contributed by atoms with van der Waals surface area (Å²) in [6.45, 7) is -0.236. The summed E-state index contributed by atoms with van der Waals surface area (Å²) in [7, 11) is 1.37. The van der Waals surface area contributed by atoms with Gasteiger partial charge in [0.25, 0.3) is 0 Å². The summed E-state index contributed by atoms with van der Waals surface area (Å²) >= 11 is 0. The maximum Gasteiger partial charge on any atom is 0.151 e. The highest BCUT2D eigenvalue weighted by Gasteiger charge is 1.98. The Hall–Kier alpha value is -0.410. The fourth-order valence-electron chi connectivity index (χ4n) is 0.173. The van der Waals surface area contributed by atoms with Crippen molar-refractivity contribution in [3.8, 4) is 0 Å². The van der Waals surface area contributed by atoms with Crippen LogP contribution in [0.5, 0.6) is 0 Å². The Morgan fingerprint density at radius 1 is 2.00 bits per heavy atom. The molecule has 0 saturated carbocycles. The Morgan fingerprint density at radius 3 is 2.57 bits per heavy atom. The molecule has 0 amide bonds. The van der Waals surface area contributed by atoms with E-state index in [2.05, 4.69) is 4.74 Å². The lowest BCUT2D eigenvalue weighted by molar-refractivity contribution is -0.118. The van der Waals surface area contributed by atoms with Crippen LogP contribution in [0, 0.1) is 0 Å². The molecular weight excluding hydrogens is 96.0 g/mol. The molecule has 3 nitrogen and oxygen atoms in total. The molecule has 1 atom stereocenters. The second-order valence-electron chi connectivity index (χ2n) is 1.09. The van der Waals surface area contributed by atoms with Crippen LogP contribution in [0.1, 0.15) is 0 Å². The molecule has 42 valence electrons. The van der Waals surface area contributed by atoms with Crippen molar-refractivity contribution in [2.24, 2.45) is 0 Å². The first-order chi connectivity index (χ1) is 3.35. The number of aliphatic hydroxyl groups is 1. The van der Waals surface area contributed by atoms with Gasteiger partial charge in [-0.2, -0.15) is 0 Å². The predicted octanol–water partition coefficient (Wildman–Crippen LogP) is -0.807. The largest absolute Gasteiger partial charge is 0.393 e. The standard InChI is InChI=1S/C4H8O3/c1-7-4(2-5)3-6/h2,4,6H,3H2,1H3/t4-/m0/s1. The van der Waals surface area contributed by atoms with E-state index < -0.39 is 6.10 Å².